The summed E-state index contributed by atoms with van der Waals surface area (Å²) < 4.78 is 10.7. The maximum Gasteiger partial charge on any atom is 0.349 e. The minimum atomic E-state index is -1.07. The lowest BCUT2D eigenvalue weighted by Gasteiger charge is -2.24. The fourth-order valence-electron chi connectivity index (χ4n) is 2.17. The third kappa shape index (κ3) is 4.13. The van der Waals surface area contributed by atoms with E-state index in [-0.39, 0.29) is 0 Å². The number of benzene rings is 2. The molecule has 2 aromatic rings. The average Bonchev–Trinajstić information content (AvgIpc) is 2.51. The van der Waals surface area contributed by atoms with Crippen molar-refractivity contribution in [1.29, 1.82) is 0 Å². The van der Waals surface area contributed by atoms with Gasteiger partial charge in [0.2, 0.25) is 0 Å². The minimum absolute atomic E-state index is 0.305. The lowest BCUT2D eigenvalue weighted by Crippen LogP contribution is -2.39. The molecule has 2 rings (SSSR count). The van der Waals surface area contributed by atoms with Crippen molar-refractivity contribution in [3.8, 4) is 16.9 Å². The molecule has 0 aliphatic carbocycles. The molecule has 2 N–H and O–H groups in total. The second-order valence-electron chi connectivity index (χ2n) is 5.71. The zero-order valence-electron chi connectivity index (χ0n) is 13.7. The molecule has 0 fully saturated rings. The summed E-state index contributed by atoms with van der Waals surface area (Å²) >= 11 is 12.1. The summed E-state index contributed by atoms with van der Waals surface area (Å²) in [7, 11) is 0. The van der Waals surface area contributed by atoms with Crippen molar-refractivity contribution in [2.45, 2.75) is 26.4 Å². The smallest absolute Gasteiger partial charge is 0.349 e. The predicted octanol–water partition coefficient (Wildman–Crippen LogP) is 4.96. The van der Waals surface area contributed by atoms with Gasteiger partial charge in [-0.1, -0.05) is 35.3 Å². The van der Waals surface area contributed by atoms with Gasteiger partial charge in [-0.05, 0) is 50.6 Å². The molecule has 0 aliphatic heterocycles. The molecule has 0 saturated heterocycles. The van der Waals surface area contributed by atoms with Crippen LogP contribution in [-0.2, 0) is 9.53 Å². The standard InChI is InChI=1S/C18H19Cl2NO3/c1-4-23-17(22)18(2,3)24-13-7-5-11(6-8-13)14-9-12(19)10-15(20)16(14)21/h5-10H,4,21H2,1-3H3. The number of halogens is 2. The van der Waals surface area contributed by atoms with E-state index in [1.807, 2.05) is 12.1 Å². The fraction of sp³-hybridized carbons (Fsp3) is 0.278. The maximum absolute atomic E-state index is 11.9. The molecule has 0 heterocycles. The molecule has 0 atom stereocenters. The van der Waals surface area contributed by atoms with E-state index in [0.717, 1.165) is 11.1 Å². The van der Waals surface area contributed by atoms with E-state index < -0.39 is 11.6 Å². The van der Waals surface area contributed by atoms with Crippen molar-refractivity contribution in [3.05, 3.63) is 46.4 Å². The Morgan fingerprint density at radius 3 is 2.38 bits per heavy atom. The van der Waals surface area contributed by atoms with Crippen LogP contribution in [0.4, 0.5) is 5.69 Å². The van der Waals surface area contributed by atoms with Crippen molar-refractivity contribution >= 4 is 34.9 Å². The number of nitrogens with two attached hydrogens (primary N) is 1. The first kappa shape index (κ1) is 18.4. The number of anilines is 1. The van der Waals surface area contributed by atoms with Gasteiger partial charge in [0.1, 0.15) is 5.75 Å². The molecule has 0 aromatic heterocycles. The van der Waals surface area contributed by atoms with E-state index in [0.29, 0.717) is 28.1 Å². The zero-order valence-corrected chi connectivity index (χ0v) is 15.2. The highest BCUT2D eigenvalue weighted by molar-refractivity contribution is 6.37. The summed E-state index contributed by atoms with van der Waals surface area (Å²) in [6, 6.07) is 10.5. The van der Waals surface area contributed by atoms with Gasteiger partial charge in [-0.25, -0.2) is 4.79 Å². The first-order valence-electron chi connectivity index (χ1n) is 7.45. The first-order chi connectivity index (χ1) is 11.2. The summed E-state index contributed by atoms with van der Waals surface area (Å²) in [6.45, 7) is 5.38. The van der Waals surface area contributed by atoms with Crippen LogP contribution in [0.3, 0.4) is 0 Å². The number of ether oxygens (including phenoxy) is 2. The van der Waals surface area contributed by atoms with Crippen LogP contribution in [0.2, 0.25) is 10.0 Å². The van der Waals surface area contributed by atoms with Gasteiger partial charge in [-0.2, -0.15) is 0 Å². The Morgan fingerprint density at radius 1 is 1.17 bits per heavy atom. The highest BCUT2D eigenvalue weighted by Gasteiger charge is 2.31. The summed E-state index contributed by atoms with van der Waals surface area (Å²) in [5.41, 5.74) is 6.98. The number of esters is 1. The molecular weight excluding hydrogens is 349 g/mol. The second-order valence-corrected chi connectivity index (χ2v) is 6.55. The monoisotopic (exact) mass is 367 g/mol. The van der Waals surface area contributed by atoms with Crippen LogP contribution >= 0.6 is 23.2 Å². The maximum atomic E-state index is 11.9. The Balaban J connectivity index is 2.24. The molecule has 0 spiro atoms. The molecule has 24 heavy (non-hydrogen) atoms. The Morgan fingerprint density at radius 2 is 1.79 bits per heavy atom. The Kier molecular flexibility index (Phi) is 5.62. The molecular formula is C18H19Cl2NO3. The summed E-state index contributed by atoms with van der Waals surface area (Å²) in [4.78, 5) is 11.9. The predicted molar refractivity (Wildman–Crippen MR) is 97.7 cm³/mol. The Hall–Kier alpha value is -1.91. The third-order valence-electron chi connectivity index (χ3n) is 3.40. The molecule has 6 heteroatoms. The first-order valence-corrected chi connectivity index (χ1v) is 8.21. The second kappa shape index (κ2) is 7.32. The Bertz CT molecular complexity index is 743. The molecule has 0 unspecified atom stereocenters. The van der Waals surface area contributed by atoms with Gasteiger partial charge in [0.25, 0.3) is 0 Å². The quantitative estimate of drug-likeness (QED) is 0.598. The van der Waals surface area contributed by atoms with Gasteiger partial charge in [0, 0.05) is 10.6 Å². The van der Waals surface area contributed by atoms with Crippen LogP contribution in [0.15, 0.2) is 36.4 Å². The topological polar surface area (TPSA) is 61.5 Å². The van der Waals surface area contributed by atoms with E-state index in [9.17, 15) is 4.79 Å². The van der Waals surface area contributed by atoms with Gasteiger partial charge in [-0.15, -0.1) is 0 Å². The summed E-state index contributed by atoms with van der Waals surface area (Å²) in [5.74, 6) is 0.128. The van der Waals surface area contributed by atoms with E-state index in [1.54, 1.807) is 45.0 Å². The summed E-state index contributed by atoms with van der Waals surface area (Å²) in [6.07, 6.45) is 0. The van der Waals surface area contributed by atoms with Crippen molar-refractivity contribution in [2.75, 3.05) is 12.3 Å². The molecule has 2 aromatic carbocycles. The van der Waals surface area contributed by atoms with E-state index in [1.165, 1.54) is 0 Å². The largest absolute Gasteiger partial charge is 0.476 e. The van der Waals surface area contributed by atoms with Gasteiger partial charge in [-0.3, -0.25) is 0 Å². The summed E-state index contributed by atoms with van der Waals surface area (Å²) in [5, 5.41) is 0.911. The molecule has 0 radical (unpaired) electrons. The van der Waals surface area contributed by atoms with Crippen LogP contribution in [0, 0.1) is 0 Å². The van der Waals surface area contributed by atoms with Gasteiger partial charge >= 0.3 is 5.97 Å². The number of nitrogen functional groups attached to an aromatic ring is 1. The fourth-order valence-corrected chi connectivity index (χ4v) is 2.66. The van der Waals surface area contributed by atoms with Crippen LogP contribution < -0.4 is 10.5 Å². The van der Waals surface area contributed by atoms with Gasteiger partial charge in [0.15, 0.2) is 5.60 Å². The Labute approximate surface area is 151 Å². The highest BCUT2D eigenvalue weighted by Crippen LogP contribution is 2.35. The molecule has 0 saturated carbocycles. The van der Waals surface area contributed by atoms with Gasteiger partial charge in [0.05, 0.1) is 17.3 Å². The van der Waals surface area contributed by atoms with Crippen LogP contribution in [0.1, 0.15) is 20.8 Å². The van der Waals surface area contributed by atoms with Crippen molar-refractivity contribution in [1.82, 2.24) is 0 Å². The SMILES string of the molecule is CCOC(=O)C(C)(C)Oc1ccc(-c2cc(Cl)cc(Cl)c2N)cc1. The van der Waals surface area contributed by atoms with Crippen LogP contribution in [0.25, 0.3) is 11.1 Å². The lowest BCUT2D eigenvalue weighted by molar-refractivity contribution is -0.158. The van der Waals surface area contributed by atoms with Crippen molar-refractivity contribution in [2.24, 2.45) is 0 Å². The number of hydrogen-bond donors (Lipinski definition) is 1. The number of carbonyl (C=O) groups is 1. The molecule has 0 amide bonds. The normalized spacial score (nSPS) is 11.2. The molecule has 4 nitrogen and oxygen atoms in total. The van der Waals surface area contributed by atoms with E-state index in [2.05, 4.69) is 0 Å². The average molecular weight is 368 g/mol. The lowest BCUT2D eigenvalue weighted by atomic mass is 10.0. The van der Waals surface area contributed by atoms with Crippen molar-refractivity contribution < 1.29 is 14.3 Å². The van der Waals surface area contributed by atoms with Crippen LogP contribution in [0.5, 0.6) is 5.75 Å². The highest BCUT2D eigenvalue weighted by atomic mass is 35.5. The van der Waals surface area contributed by atoms with E-state index >= 15 is 0 Å². The molecule has 0 bridgehead atoms. The number of rotatable bonds is 5. The van der Waals surface area contributed by atoms with Crippen LogP contribution in [-0.4, -0.2) is 18.2 Å². The van der Waals surface area contributed by atoms with E-state index in [4.69, 9.17) is 38.4 Å². The molecule has 0 aliphatic rings. The third-order valence-corrected chi connectivity index (χ3v) is 3.93. The minimum Gasteiger partial charge on any atom is -0.476 e. The molecule has 128 valence electrons. The van der Waals surface area contributed by atoms with Crippen molar-refractivity contribution in [3.63, 3.8) is 0 Å². The van der Waals surface area contributed by atoms with Gasteiger partial charge < -0.3 is 15.2 Å². The number of carbonyl (C=O) groups excluding carboxylic acids is 1. The number of hydrogen-bond acceptors (Lipinski definition) is 4. The zero-order chi connectivity index (χ0) is 17.9.